The Balaban J connectivity index is 2.22. The van der Waals surface area contributed by atoms with Gasteiger partial charge in [-0.25, -0.2) is 4.98 Å². The first-order valence-corrected chi connectivity index (χ1v) is 6.39. The van der Waals surface area contributed by atoms with Crippen LogP contribution in [-0.4, -0.2) is 28.2 Å². The number of amides is 1. The van der Waals surface area contributed by atoms with Crippen LogP contribution >= 0.6 is 23.4 Å². The number of benzene rings is 1. The normalized spacial score (nSPS) is 12.6. The lowest BCUT2D eigenvalue weighted by molar-refractivity contribution is -0.119. The van der Waals surface area contributed by atoms with E-state index in [0.717, 1.165) is 16.2 Å². The lowest BCUT2D eigenvalue weighted by Crippen LogP contribution is -2.27. The summed E-state index contributed by atoms with van der Waals surface area (Å²) >= 11 is 7.27. The van der Waals surface area contributed by atoms with E-state index in [2.05, 4.69) is 15.3 Å². The number of nitrogens with zero attached hydrogens (tertiary/aromatic N) is 1. The number of aromatic nitrogens is 2. The van der Waals surface area contributed by atoms with Crippen LogP contribution in [0.3, 0.4) is 0 Å². The number of carbonyl (C=O) groups excluding carboxylic acids is 1. The summed E-state index contributed by atoms with van der Waals surface area (Å²) in [7, 11) is 1.62. The van der Waals surface area contributed by atoms with Crippen LogP contribution in [0.25, 0.3) is 11.0 Å². The first kappa shape index (κ1) is 12.3. The van der Waals surface area contributed by atoms with E-state index in [1.165, 1.54) is 11.8 Å². The predicted octanol–water partition coefficient (Wildman–Crippen LogP) is 2.44. The number of halogens is 1. The molecule has 1 atom stereocenters. The van der Waals surface area contributed by atoms with E-state index in [4.69, 9.17) is 11.6 Å². The lowest BCUT2D eigenvalue weighted by atomic mass is 10.3. The minimum atomic E-state index is -0.184. The number of thioether (sulfide) groups is 1. The molecule has 0 aliphatic rings. The number of nitrogens with one attached hydrogen (secondary N) is 2. The molecule has 4 nitrogen and oxygen atoms in total. The Morgan fingerprint density at radius 1 is 1.59 bits per heavy atom. The summed E-state index contributed by atoms with van der Waals surface area (Å²) in [6, 6.07) is 5.46. The summed E-state index contributed by atoms with van der Waals surface area (Å²) in [5, 5.41) is 3.81. The van der Waals surface area contributed by atoms with Gasteiger partial charge in [0.25, 0.3) is 0 Å². The van der Waals surface area contributed by atoms with Crippen molar-refractivity contribution in [1.29, 1.82) is 0 Å². The fourth-order valence-corrected chi connectivity index (χ4v) is 2.49. The number of fused-ring (bicyclic) bond motifs is 1. The molecular formula is C11H12ClN3OS. The molecule has 1 amide bonds. The Hall–Kier alpha value is -1.20. The van der Waals surface area contributed by atoms with Crippen molar-refractivity contribution in [3.05, 3.63) is 23.2 Å². The van der Waals surface area contributed by atoms with Crippen molar-refractivity contribution in [2.45, 2.75) is 17.3 Å². The van der Waals surface area contributed by atoms with Gasteiger partial charge in [-0.2, -0.15) is 0 Å². The Morgan fingerprint density at radius 2 is 2.35 bits per heavy atom. The molecule has 2 aromatic rings. The van der Waals surface area contributed by atoms with Crippen molar-refractivity contribution < 1.29 is 4.79 Å². The molecule has 1 aromatic heterocycles. The van der Waals surface area contributed by atoms with Crippen LogP contribution in [0.15, 0.2) is 23.4 Å². The third-order valence-electron chi connectivity index (χ3n) is 2.33. The predicted molar refractivity (Wildman–Crippen MR) is 70.5 cm³/mol. The van der Waals surface area contributed by atoms with E-state index in [-0.39, 0.29) is 11.2 Å². The molecule has 0 aliphatic heterocycles. The molecule has 0 radical (unpaired) electrons. The minimum absolute atomic E-state index is 0.0199. The second-order valence-electron chi connectivity index (χ2n) is 3.58. The van der Waals surface area contributed by atoms with E-state index >= 15 is 0 Å². The molecule has 90 valence electrons. The van der Waals surface area contributed by atoms with Gasteiger partial charge >= 0.3 is 0 Å². The van der Waals surface area contributed by atoms with Gasteiger partial charge in [0.2, 0.25) is 5.91 Å². The van der Waals surface area contributed by atoms with Crippen LogP contribution < -0.4 is 5.32 Å². The number of H-pyrrole nitrogens is 1. The molecule has 0 spiro atoms. The van der Waals surface area contributed by atoms with Crippen LogP contribution in [-0.2, 0) is 4.79 Å². The van der Waals surface area contributed by atoms with Gasteiger partial charge in [0.1, 0.15) is 0 Å². The average molecular weight is 270 g/mol. The minimum Gasteiger partial charge on any atom is -0.358 e. The van der Waals surface area contributed by atoms with Gasteiger partial charge in [0, 0.05) is 12.1 Å². The maximum atomic E-state index is 11.4. The molecule has 2 N–H and O–H groups in total. The molecule has 1 unspecified atom stereocenters. The van der Waals surface area contributed by atoms with Crippen LogP contribution in [0.4, 0.5) is 0 Å². The summed E-state index contributed by atoms with van der Waals surface area (Å²) in [5.74, 6) is -0.0199. The smallest absolute Gasteiger partial charge is 0.233 e. The summed E-state index contributed by atoms with van der Waals surface area (Å²) < 4.78 is 0. The van der Waals surface area contributed by atoms with Crippen molar-refractivity contribution in [3.63, 3.8) is 0 Å². The molecule has 0 aliphatic carbocycles. The maximum Gasteiger partial charge on any atom is 0.233 e. The van der Waals surface area contributed by atoms with Crippen molar-refractivity contribution in [3.8, 4) is 0 Å². The van der Waals surface area contributed by atoms with Crippen LogP contribution in [0.1, 0.15) is 6.92 Å². The van der Waals surface area contributed by atoms with Crippen molar-refractivity contribution in [2.75, 3.05) is 7.05 Å². The average Bonchev–Trinajstić information content (AvgIpc) is 2.69. The summed E-state index contributed by atoms with van der Waals surface area (Å²) in [5.41, 5.74) is 1.73. The third-order valence-corrected chi connectivity index (χ3v) is 3.55. The molecule has 0 fully saturated rings. The Bertz CT molecular complexity index is 555. The molecule has 6 heteroatoms. The number of aromatic amines is 1. The molecule has 2 rings (SSSR count). The zero-order chi connectivity index (χ0) is 12.4. The first-order chi connectivity index (χ1) is 8.10. The Kier molecular flexibility index (Phi) is 3.59. The third kappa shape index (κ3) is 2.73. The number of hydrogen-bond acceptors (Lipinski definition) is 3. The van der Waals surface area contributed by atoms with Crippen molar-refractivity contribution in [2.24, 2.45) is 0 Å². The fourth-order valence-electron chi connectivity index (χ4n) is 1.44. The topological polar surface area (TPSA) is 57.8 Å². The maximum absolute atomic E-state index is 11.4. The SMILES string of the molecule is CNC(=O)C(C)Sc1nc2ccc(Cl)cc2[nH]1. The van der Waals surface area contributed by atoms with Gasteiger partial charge in [-0.3, -0.25) is 4.79 Å². The molecule has 0 saturated heterocycles. The standard InChI is InChI=1S/C11H12ClN3OS/c1-6(10(16)13-2)17-11-14-8-4-3-7(12)5-9(8)15-11/h3-6H,1-2H3,(H,13,16)(H,14,15). The van der Waals surface area contributed by atoms with Gasteiger partial charge in [0.15, 0.2) is 5.16 Å². The van der Waals surface area contributed by atoms with Crippen LogP contribution in [0.5, 0.6) is 0 Å². The highest BCUT2D eigenvalue weighted by Gasteiger charge is 2.14. The first-order valence-electron chi connectivity index (χ1n) is 5.13. The number of imidazole rings is 1. The van der Waals surface area contributed by atoms with Gasteiger partial charge < -0.3 is 10.3 Å². The monoisotopic (exact) mass is 269 g/mol. The number of hydrogen-bond donors (Lipinski definition) is 2. The second kappa shape index (κ2) is 4.98. The van der Waals surface area contributed by atoms with Crippen molar-refractivity contribution >= 4 is 40.3 Å². The van der Waals surface area contributed by atoms with Gasteiger partial charge in [-0.15, -0.1) is 0 Å². The van der Waals surface area contributed by atoms with Gasteiger partial charge in [-0.1, -0.05) is 23.4 Å². The number of rotatable bonds is 3. The van der Waals surface area contributed by atoms with E-state index < -0.39 is 0 Å². The van der Waals surface area contributed by atoms with Crippen LogP contribution in [0, 0.1) is 0 Å². The van der Waals surface area contributed by atoms with Crippen molar-refractivity contribution in [1.82, 2.24) is 15.3 Å². The van der Waals surface area contributed by atoms with E-state index in [0.29, 0.717) is 5.02 Å². The largest absolute Gasteiger partial charge is 0.358 e. The number of carbonyl (C=O) groups is 1. The zero-order valence-electron chi connectivity index (χ0n) is 9.45. The lowest BCUT2D eigenvalue weighted by Gasteiger charge is -2.06. The highest BCUT2D eigenvalue weighted by Crippen LogP contribution is 2.24. The highest BCUT2D eigenvalue weighted by molar-refractivity contribution is 8.00. The van der Waals surface area contributed by atoms with Gasteiger partial charge in [-0.05, 0) is 25.1 Å². The van der Waals surface area contributed by atoms with E-state index in [1.807, 2.05) is 19.1 Å². The Morgan fingerprint density at radius 3 is 3.06 bits per heavy atom. The summed E-state index contributed by atoms with van der Waals surface area (Å²) in [4.78, 5) is 18.9. The van der Waals surface area contributed by atoms with Crippen LogP contribution in [0.2, 0.25) is 5.02 Å². The quantitative estimate of drug-likeness (QED) is 0.842. The zero-order valence-corrected chi connectivity index (χ0v) is 11.0. The van der Waals surface area contributed by atoms with E-state index in [1.54, 1.807) is 13.1 Å². The molecule has 0 saturated carbocycles. The fraction of sp³-hybridized carbons (Fsp3) is 0.273. The Labute approximate surface area is 108 Å². The summed E-state index contributed by atoms with van der Waals surface area (Å²) in [6.07, 6.45) is 0. The molecule has 1 aromatic carbocycles. The molecule has 17 heavy (non-hydrogen) atoms. The molecule has 1 heterocycles. The summed E-state index contributed by atoms with van der Waals surface area (Å²) in [6.45, 7) is 1.84. The highest BCUT2D eigenvalue weighted by atomic mass is 35.5. The molecular weight excluding hydrogens is 258 g/mol. The van der Waals surface area contributed by atoms with E-state index in [9.17, 15) is 4.79 Å². The van der Waals surface area contributed by atoms with Gasteiger partial charge in [0.05, 0.1) is 16.3 Å². The second-order valence-corrected chi connectivity index (χ2v) is 5.34. The molecule has 0 bridgehead atoms.